The molecule has 0 saturated heterocycles. The minimum atomic E-state index is 0.00657. The van der Waals surface area contributed by atoms with Gasteiger partial charge in [0.2, 0.25) is 0 Å². The molecule has 18 heavy (non-hydrogen) atoms. The molecule has 108 valence electrons. The van der Waals surface area contributed by atoms with E-state index in [1.54, 1.807) is 0 Å². The Kier molecular flexibility index (Phi) is 6.65. The Balaban J connectivity index is 2.37. The molecule has 0 radical (unpaired) electrons. The van der Waals surface area contributed by atoms with E-state index in [1.807, 2.05) is 0 Å². The number of rotatable bonds is 6. The minimum Gasteiger partial charge on any atom is -0.376 e. The van der Waals surface area contributed by atoms with Gasteiger partial charge in [0, 0.05) is 12.6 Å². The molecular weight excluding hydrogens is 222 g/mol. The van der Waals surface area contributed by atoms with Crippen molar-refractivity contribution in [2.24, 2.45) is 11.8 Å². The van der Waals surface area contributed by atoms with Crippen molar-refractivity contribution in [2.45, 2.75) is 77.9 Å². The third kappa shape index (κ3) is 5.71. The third-order valence-electron chi connectivity index (χ3n) is 4.18. The van der Waals surface area contributed by atoms with Gasteiger partial charge in [-0.2, -0.15) is 0 Å². The van der Waals surface area contributed by atoms with Crippen molar-refractivity contribution in [3.05, 3.63) is 0 Å². The van der Waals surface area contributed by atoms with Crippen molar-refractivity contribution in [2.75, 3.05) is 13.7 Å². The quantitative estimate of drug-likeness (QED) is 0.774. The summed E-state index contributed by atoms with van der Waals surface area (Å²) in [5.74, 6) is 1.77. The molecule has 1 saturated carbocycles. The van der Waals surface area contributed by atoms with Crippen LogP contribution in [0.1, 0.15) is 66.2 Å². The van der Waals surface area contributed by atoms with Crippen molar-refractivity contribution >= 4 is 0 Å². The lowest BCUT2D eigenvalue weighted by molar-refractivity contribution is -0.0145. The first-order valence-corrected chi connectivity index (χ1v) is 7.77. The molecule has 0 amide bonds. The van der Waals surface area contributed by atoms with Gasteiger partial charge in [0.25, 0.3) is 0 Å². The summed E-state index contributed by atoms with van der Waals surface area (Å²) in [6.07, 6.45) is 8.11. The van der Waals surface area contributed by atoms with E-state index < -0.39 is 0 Å². The SMILES string of the molecule is CCCC1CCC(NC)C(CCOC(C)(C)C)C1. The van der Waals surface area contributed by atoms with Crippen molar-refractivity contribution in [1.82, 2.24) is 5.32 Å². The molecule has 0 aromatic carbocycles. The fourth-order valence-electron chi connectivity index (χ4n) is 3.25. The maximum atomic E-state index is 5.89. The Hall–Kier alpha value is -0.0800. The standard InChI is InChI=1S/C16H33NO/c1-6-7-13-8-9-15(17-5)14(12-13)10-11-18-16(2,3)4/h13-15,17H,6-12H2,1-5H3. The van der Waals surface area contributed by atoms with Crippen LogP contribution in [0.25, 0.3) is 0 Å². The number of hydrogen-bond acceptors (Lipinski definition) is 2. The lowest BCUT2D eigenvalue weighted by atomic mass is 9.75. The first-order valence-electron chi connectivity index (χ1n) is 7.77. The van der Waals surface area contributed by atoms with Gasteiger partial charge >= 0.3 is 0 Å². The summed E-state index contributed by atoms with van der Waals surface area (Å²) in [7, 11) is 2.11. The molecule has 0 aromatic heterocycles. The van der Waals surface area contributed by atoms with Crippen LogP contribution in [0.15, 0.2) is 0 Å². The maximum Gasteiger partial charge on any atom is 0.0598 e. The van der Waals surface area contributed by atoms with Gasteiger partial charge < -0.3 is 10.1 Å². The molecule has 2 heteroatoms. The molecule has 2 nitrogen and oxygen atoms in total. The van der Waals surface area contributed by atoms with E-state index in [0.717, 1.165) is 18.4 Å². The van der Waals surface area contributed by atoms with E-state index in [2.05, 4.69) is 40.1 Å². The van der Waals surface area contributed by atoms with Gasteiger partial charge in [-0.1, -0.05) is 19.8 Å². The molecule has 1 aliphatic rings. The zero-order valence-corrected chi connectivity index (χ0v) is 13.1. The highest BCUT2D eigenvalue weighted by molar-refractivity contribution is 4.84. The number of hydrogen-bond donors (Lipinski definition) is 1. The lowest BCUT2D eigenvalue weighted by Gasteiger charge is -2.36. The molecule has 1 N–H and O–H groups in total. The Morgan fingerprint density at radius 2 is 1.89 bits per heavy atom. The van der Waals surface area contributed by atoms with Gasteiger partial charge in [0.1, 0.15) is 0 Å². The lowest BCUT2D eigenvalue weighted by Crippen LogP contribution is -2.39. The Bertz CT molecular complexity index is 222. The van der Waals surface area contributed by atoms with E-state index in [-0.39, 0.29) is 5.60 Å². The highest BCUT2D eigenvalue weighted by Crippen LogP contribution is 2.34. The van der Waals surface area contributed by atoms with Crippen LogP contribution in [0.5, 0.6) is 0 Å². The summed E-state index contributed by atoms with van der Waals surface area (Å²) in [4.78, 5) is 0. The van der Waals surface area contributed by atoms with E-state index in [4.69, 9.17) is 4.74 Å². The average Bonchev–Trinajstić information content (AvgIpc) is 2.28. The van der Waals surface area contributed by atoms with E-state index >= 15 is 0 Å². The predicted octanol–water partition coefficient (Wildman–Crippen LogP) is 4.00. The van der Waals surface area contributed by atoms with E-state index in [0.29, 0.717) is 6.04 Å². The number of nitrogens with one attached hydrogen (secondary N) is 1. The summed E-state index contributed by atoms with van der Waals surface area (Å²) in [5.41, 5.74) is 0.00657. The van der Waals surface area contributed by atoms with Gasteiger partial charge in [-0.3, -0.25) is 0 Å². The summed E-state index contributed by atoms with van der Waals surface area (Å²) < 4.78 is 5.89. The van der Waals surface area contributed by atoms with Gasteiger partial charge in [0.15, 0.2) is 0 Å². The summed E-state index contributed by atoms with van der Waals surface area (Å²) in [6, 6.07) is 0.710. The van der Waals surface area contributed by atoms with Crippen molar-refractivity contribution in [1.29, 1.82) is 0 Å². The molecule has 1 fully saturated rings. The number of ether oxygens (including phenoxy) is 1. The molecule has 0 spiro atoms. The van der Waals surface area contributed by atoms with Crippen LogP contribution in [0.4, 0.5) is 0 Å². The molecule has 0 aliphatic heterocycles. The Morgan fingerprint density at radius 3 is 2.44 bits per heavy atom. The average molecular weight is 255 g/mol. The molecule has 0 bridgehead atoms. The summed E-state index contributed by atoms with van der Waals surface area (Å²) in [6.45, 7) is 9.64. The second-order valence-electron chi connectivity index (χ2n) is 6.87. The van der Waals surface area contributed by atoms with Crippen LogP contribution in [0.3, 0.4) is 0 Å². The van der Waals surface area contributed by atoms with Crippen molar-refractivity contribution < 1.29 is 4.74 Å². The molecule has 3 atom stereocenters. The van der Waals surface area contributed by atoms with E-state index in [9.17, 15) is 0 Å². The largest absolute Gasteiger partial charge is 0.376 e. The second-order valence-corrected chi connectivity index (χ2v) is 6.87. The second kappa shape index (κ2) is 7.49. The van der Waals surface area contributed by atoms with Crippen LogP contribution >= 0.6 is 0 Å². The van der Waals surface area contributed by atoms with E-state index in [1.165, 1.54) is 38.5 Å². The Labute approximate surface area is 114 Å². The van der Waals surface area contributed by atoms with Gasteiger partial charge in [0.05, 0.1) is 5.60 Å². The van der Waals surface area contributed by atoms with Gasteiger partial charge in [-0.15, -0.1) is 0 Å². The van der Waals surface area contributed by atoms with Gasteiger partial charge in [-0.05, 0) is 65.3 Å². The topological polar surface area (TPSA) is 21.3 Å². The van der Waals surface area contributed by atoms with Crippen LogP contribution < -0.4 is 5.32 Å². The highest BCUT2D eigenvalue weighted by Gasteiger charge is 2.29. The molecule has 0 aromatic rings. The van der Waals surface area contributed by atoms with Crippen LogP contribution in [-0.4, -0.2) is 25.3 Å². The zero-order chi connectivity index (χ0) is 13.6. The summed E-state index contributed by atoms with van der Waals surface area (Å²) >= 11 is 0. The monoisotopic (exact) mass is 255 g/mol. The molecule has 0 heterocycles. The van der Waals surface area contributed by atoms with Crippen molar-refractivity contribution in [3.8, 4) is 0 Å². The smallest absolute Gasteiger partial charge is 0.0598 e. The third-order valence-corrected chi connectivity index (χ3v) is 4.18. The normalized spacial score (nSPS) is 29.5. The van der Waals surface area contributed by atoms with Crippen LogP contribution in [0.2, 0.25) is 0 Å². The molecule has 1 rings (SSSR count). The van der Waals surface area contributed by atoms with Crippen LogP contribution in [-0.2, 0) is 4.74 Å². The van der Waals surface area contributed by atoms with Crippen LogP contribution in [0, 0.1) is 11.8 Å². The van der Waals surface area contributed by atoms with Crippen molar-refractivity contribution in [3.63, 3.8) is 0 Å². The fraction of sp³-hybridized carbons (Fsp3) is 1.00. The predicted molar refractivity (Wildman–Crippen MR) is 78.9 cm³/mol. The molecular formula is C16H33NO. The maximum absolute atomic E-state index is 5.89. The first-order chi connectivity index (χ1) is 8.46. The molecule has 3 unspecified atom stereocenters. The highest BCUT2D eigenvalue weighted by atomic mass is 16.5. The first kappa shape index (κ1) is 16.0. The minimum absolute atomic E-state index is 0.00657. The summed E-state index contributed by atoms with van der Waals surface area (Å²) in [5, 5.41) is 3.51. The zero-order valence-electron chi connectivity index (χ0n) is 13.1. The Morgan fingerprint density at radius 1 is 1.17 bits per heavy atom. The molecule has 1 aliphatic carbocycles. The fourth-order valence-corrected chi connectivity index (χ4v) is 3.25. The van der Waals surface area contributed by atoms with Gasteiger partial charge in [-0.25, -0.2) is 0 Å².